The van der Waals surface area contributed by atoms with Crippen LogP contribution in [0.3, 0.4) is 0 Å². The third-order valence-electron chi connectivity index (χ3n) is 4.76. The Bertz CT molecular complexity index is 893. The van der Waals surface area contributed by atoms with Gasteiger partial charge in [0.1, 0.15) is 5.82 Å². The molecule has 0 saturated carbocycles. The van der Waals surface area contributed by atoms with E-state index in [1.807, 2.05) is 30.2 Å². The standard InChI is InChI=1S/C20H20N4O2/c1-14-22-12-17(15-6-8-21-9-7-15)19(23-14)16-4-2-10-24(13-16)20(25)18-5-3-11-26-18/h3,5-9,11-12,16H,2,4,10,13H2,1H3. The van der Waals surface area contributed by atoms with Gasteiger partial charge in [-0.2, -0.15) is 0 Å². The number of hydrogen-bond donors (Lipinski definition) is 0. The van der Waals surface area contributed by atoms with Crippen LogP contribution in [-0.4, -0.2) is 38.8 Å². The monoisotopic (exact) mass is 348 g/mol. The minimum absolute atomic E-state index is 0.0593. The van der Waals surface area contributed by atoms with Gasteiger partial charge in [0.05, 0.1) is 12.0 Å². The number of carbonyl (C=O) groups excluding carboxylic acids is 1. The van der Waals surface area contributed by atoms with Gasteiger partial charge >= 0.3 is 0 Å². The Morgan fingerprint density at radius 1 is 1.27 bits per heavy atom. The first kappa shape index (κ1) is 16.4. The molecule has 26 heavy (non-hydrogen) atoms. The lowest BCUT2D eigenvalue weighted by atomic mass is 9.90. The molecule has 0 bridgehead atoms. The van der Waals surface area contributed by atoms with Crippen molar-refractivity contribution in [1.82, 2.24) is 19.9 Å². The smallest absolute Gasteiger partial charge is 0.289 e. The van der Waals surface area contributed by atoms with Crippen LogP contribution in [0.2, 0.25) is 0 Å². The Kier molecular flexibility index (Phi) is 4.48. The van der Waals surface area contributed by atoms with Gasteiger partial charge in [0.2, 0.25) is 0 Å². The number of aryl methyl sites for hydroxylation is 1. The SMILES string of the molecule is Cc1ncc(-c2ccncc2)c(C2CCCN(C(=O)c3ccco3)C2)n1. The zero-order valence-electron chi connectivity index (χ0n) is 14.6. The fourth-order valence-electron chi connectivity index (χ4n) is 3.49. The number of carbonyl (C=O) groups is 1. The van der Waals surface area contributed by atoms with E-state index >= 15 is 0 Å². The van der Waals surface area contributed by atoms with Crippen LogP contribution in [-0.2, 0) is 0 Å². The van der Waals surface area contributed by atoms with E-state index in [9.17, 15) is 4.79 Å². The van der Waals surface area contributed by atoms with Gasteiger partial charge in [-0.15, -0.1) is 0 Å². The number of aromatic nitrogens is 3. The summed E-state index contributed by atoms with van der Waals surface area (Å²) < 4.78 is 5.28. The number of hydrogen-bond acceptors (Lipinski definition) is 5. The lowest BCUT2D eigenvalue weighted by Crippen LogP contribution is -2.39. The van der Waals surface area contributed by atoms with E-state index in [2.05, 4.69) is 9.97 Å². The summed E-state index contributed by atoms with van der Waals surface area (Å²) in [5, 5.41) is 0. The average Bonchev–Trinajstić information content (AvgIpc) is 3.23. The molecule has 0 aromatic carbocycles. The number of piperidine rings is 1. The Labute approximate surface area is 151 Å². The second kappa shape index (κ2) is 7.07. The minimum atomic E-state index is -0.0593. The molecule has 4 heterocycles. The molecule has 1 aliphatic heterocycles. The highest BCUT2D eigenvalue weighted by Gasteiger charge is 2.29. The van der Waals surface area contributed by atoms with Gasteiger partial charge in [-0.3, -0.25) is 9.78 Å². The lowest BCUT2D eigenvalue weighted by Gasteiger charge is -2.32. The molecule has 4 rings (SSSR count). The molecule has 1 fully saturated rings. The Morgan fingerprint density at radius 3 is 2.88 bits per heavy atom. The first-order valence-corrected chi connectivity index (χ1v) is 8.79. The normalized spacial score (nSPS) is 17.3. The molecule has 3 aromatic heterocycles. The predicted octanol–water partition coefficient (Wildman–Crippen LogP) is 3.46. The van der Waals surface area contributed by atoms with Crippen molar-refractivity contribution >= 4 is 5.91 Å². The van der Waals surface area contributed by atoms with Gasteiger partial charge in [0.25, 0.3) is 5.91 Å². The van der Waals surface area contributed by atoms with Crippen molar-refractivity contribution in [3.8, 4) is 11.1 Å². The molecular weight excluding hydrogens is 328 g/mol. The molecule has 1 aliphatic rings. The van der Waals surface area contributed by atoms with Gasteiger partial charge < -0.3 is 9.32 Å². The average molecular weight is 348 g/mol. The largest absolute Gasteiger partial charge is 0.459 e. The molecule has 132 valence electrons. The van der Waals surface area contributed by atoms with Crippen LogP contribution >= 0.6 is 0 Å². The first-order valence-electron chi connectivity index (χ1n) is 8.79. The number of likely N-dealkylation sites (tertiary alicyclic amines) is 1. The number of pyridine rings is 1. The van der Waals surface area contributed by atoms with Gasteiger partial charge in [0.15, 0.2) is 5.76 Å². The number of nitrogens with zero attached hydrogens (tertiary/aromatic N) is 4. The van der Waals surface area contributed by atoms with Gasteiger partial charge in [-0.25, -0.2) is 9.97 Å². The van der Waals surface area contributed by atoms with Gasteiger partial charge in [-0.05, 0) is 49.6 Å². The minimum Gasteiger partial charge on any atom is -0.459 e. The van der Waals surface area contributed by atoms with E-state index in [1.54, 1.807) is 24.5 Å². The van der Waals surface area contributed by atoms with E-state index in [0.29, 0.717) is 12.3 Å². The summed E-state index contributed by atoms with van der Waals surface area (Å²) >= 11 is 0. The maximum atomic E-state index is 12.7. The summed E-state index contributed by atoms with van der Waals surface area (Å²) in [5.74, 6) is 1.25. The molecule has 0 spiro atoms. The molecule has 3 aromatic rings. The van der Waals surface area contributed by atoms with Crippen LogP contribution in [0.4, 0.5) is 0 Å². The maximum absolute atomic E-state index is 12.7. The van der Waals surface area contributed by atoms with Crippen molar-refractivity contribution in [2.24, 2.45) is 0 Å². The van der Waals surface area contributed by atoms with Crippen LogP contribution in [0.1, 0.15) is 40.8 Å². The summed E-state index contributed by atoms with van der Waals surface area (Å²) in [4.78, 5) is 27.7. The fourth-order valence-corrected chi connectivity index (χ4v) is 3.49. The number of amides is 1. The van der Waals surface area contributed by atoms with E-state index in [1.165, 1.54) is 6.26 Å². The number of furan rings is 1. The highest BCUT2D eigenvalue weighted by molar-refractivity contribution is 5.91. The lowest BCUT2D eigenvalue weighted by molar-refractivity contribution is 0.0674. The van der Waals surface area contributed by atoms with Crippen molar-refractivity contribution in [3.05, 3.63) is 66.4 Å². The van der Waals surface area contributed by atoms with Crippen molar-refractivity contribution in [3.63, 3.8) is 0 Å². The first-order chi connectivity index (χ1) is 12.7. The Morgan fingerprint density at radius 2 is 2.12 bits per heavy atom. The van der Waals surface area contributed by atoms with Gasteiger partial charge in [-0.1, -0.05) is 0 Å². The Balaban J connectivity index is 1.65. The summed E-state index contributed by atoms with van der Waals surface area (Å²) in [6, 6.07) is 7.38. The fraction of sp³-hybridized carbons (Fsp3) is 0.300. The Hall–Kier alpha value is -3.02. The van der Waals surface area contributed by atoms with Crippen molar-refractivity contribution in [2.75, 3.05) is 13.1 Å². The van der Waals surface area contributed by atoms with Crippen molar-refractivity contribution < 1.29 is 9.21 Å². The maximum Gasteiger partial charge on any atom is 0.289 e. The number of rotatable bonds is 3. The zero-order chi connectivity index (χ0) is 17.9. The molecule has 0 radical (unpaired) electrons. The van der Waals surface area contributed by atoms with Gasteiger partial charge in [0, 0.05) is 43.2 Å². The van der Waals surface area contributed by atoms with Crippen molar-refractivity contribution in [2.45, 2.75) is 25.7 Å². The third kappa shape index (κ3) is 3.22. The topological polar surface area (TPSA) is 72.1 Å². The second-order valence-corrected chi connectivity index (χ2v) is 6.52. The van der Waals surface area contributed by atoms with E-state index < -0.39 is 0 Å². The molecule has 1 amide bonds. The van der Waals surface area contributed by atoms with E-state index in [4.69, 9.17) is 9.40 Å². The molecule has 1 saturated heterocycles. The van der Waals surface area contributed by atoms with Crippen LogP contribution < -0.4 is 0 Å². The van der Waals surface area contributed by atoms with Crippen LogP contribution in [0.15, 0.2) is 53.5 Å². The van der Waals surface area contributed by atoms with Crippen molar-refractivity contribution in [1.29, 1.82) is 0 Å². The predicted molar refractivity (Wildman–Crippen MR) is 96.6 cm³/mol. The zero-order valence-corrected chi connectivity index (χ0v) is 14.6. The molecule has 1 atom stereocenters. The van der Waals surface area contributed by atoms with E-state index in [-0.39, 0.29) is 11.8 Å². The van der Waals surface area contributed by atoms with Crippen LogP contribution in [0, 0.1) is 6.92 Å². The quantitative estimate of drug-likeness (QED) is 0.725. The van der Waals surface area contributed by atoms with E-state index in [0.717, 1.165) is 42.0 Å². The summed E-state index contributed by atoms with van der Waals surface area (Å²) in [6.45, 7) is 3.27. The molecule has 1 unspecified atom stereocenters. The second-order valence-electron chi connectivity index (χ2n) is 6.52. The highest BCUT2D eigenvalue weighted by Crippen LogP contribution is 2.33. The summed E-state index contributed by atoms with van der Waals surface area (Å²) in [6.07, 6.45) is 8.88. The van der Waals surface area contributed by atoms with Crippen LogP contribution in [0.5, 0.6) is 0 Å². The molecule has 6 heteroatoms. The third-order valence-corrected chi connectivity index (χ3v) is 4.76. The molecule has 0 N–H and O–H groups in total. The molecular formula is C20H20N4O2. The molecule has 0 aliphatic carbocycles. The summed E-state index contributed by atoms with van der Waals surface area (Å²) in [7, 11) is 0. The highest BCUT2D eigenvalue weighted by atomic mass is 16.3. The van der Waals surface area contributed by atoms with Crippen LogP contribution in [0.25, 0.3) is 11.1 Å². The molecule has 6 nitrogen and oxygen atoms in total. The summed E-state index contributed by atoms with van der Waals surface area (Å²) in [5.41, 5.74) is 3.06.